The van der Waals surface area contributed by atoms with Gasteiger partial charge in [0.05, 0.1) is 12.3 Å². The van der Waals surface area contributed by atoms with E-state index in [1.165, 1.54) is 4.68 Å². The summed E-state index contributed by atoms with van der Waals surface area (Å²) in [6.07, 6.45) is 0.966. The maximum atomic E-state index is 12.2. The highest BCUT2D eigenvalue weighted by atomic mass is 16.6. The summed E-state index contributed by atoms with van der Waals surface area (Å²) >= 11 is 0. The van der Waals surface area contributed by atoms with E-state index in [1.54, 1.807) is 25.4 Å². The van der Waals surface area contributed by atoms with Crippen LogP contribution >= 0.6 is 0 Å². The van der Waals surface area contributed by atoms with Crippen LogP contribution in [0.25, 0.3) is 0 Å². The molecule has 1 aliphatic rings. The molecule has 146 valence electrons. The second kappa shape index (κ2) is 7.39. The highest BCUT2D eigenvalue weighted by Gasteiger charge is 2.31. The molecular weight excluding hydrogens is 352 g/mol. The summed E-state index contributed by atoms with van der Waals surface area (Å²) in [6.45, 7) is 5.95. The molecule has 2 aromatic rings. The van der Waals surface area contributed by atoms with Crippen LogP contribution in [0.1, 0.15) is 49.5 Å². The third kappa shape index (κ3) is 4.85. The van der Waals surface area contributed by atoms with Gasteiger partial charge >= 0.3 is 6.09 Å². The Labute approximate surface area is 156 Å². The molecule has 10 heteroatoms. The summed E-state index contributed by atoms with van der Waals surface area (Å²) in [4.78, 5) is 24.1. The number of anilines is 1. The van der Waals surface area contributed by atoms with Gasteiger partial charge in [-0.3, -0.25) is 14.6 Å². The average Bonchev–Trinajstić information content (AvgIpc) is 3.26. The van der Waals surface area contributed by atoms with Crippen molar-refractivity contribution in [2.45, 2.75) is 44.9 Å². The van der Waals surface area contributed by atoms with Gasteiger partial charge in [0.2, 0.25) is 0 Å². The fourth-order valence-corrected chi connectivity index (χ4v) is 2.73. The Kier molecular flexibility index (Phi) is 5.17. The lowest BCUT2D eigenvalue weighted by Gasteiger charge is -2.21. The zero-order valence-electron chi connectivity index (χ0n) is 15.8. The lowest BCUT2D eigenvalue weighted by atomic mass is 10.1. The van der Waals surface area contributed by atoms with E-state index in [2.05, 4.69) is 25.9 Å². The van der Waals surface area contributed by atoms with Crippen molar-refractivity contribution < 1.29 is 19.1 Å². The van der Waals surface area contributed by atoms with Crippen LogP contribution in [-0.2, 0) is 16.5 Å². The van der Waals surface area contributed by atoms with Crippen molar-refractivity contribution in [3.05, 3.63) is 29.7 Å². The largest absolute Gasteiger partial charge is 0.444 e. The Balaban J connectivity index is 1.54. The number of carbonyl (C=O) groups is 2. The first-order chi connectivity index (χ1) is 12.7. The van der Waals surface area contributed by atoms with E-state index in [4.69, 9.17) is 9.47 Å². The third-order valence-corrected chi connectivity index (χ3v) is 3.95. The fourth-order valence-electron chi connectivity index (χ4n) is 2.73. The molecule has 1 saturated heterocycles. The van der Waals surface area contributed by atoms with Crippen molar-refractivity contribution in [3.63, 3.8) is 0 Å². The quantitative estimate of drug-likeness (QED) is 0.747. The molecular formula is C17H24N6O4. The summed E-state index contributed by atoms with van der Waals surface area (Å²) in [6, 6.07) is 3.32. The van der Waals surface area contributed by atoms with E-state index in [1.807, 2.05) is 20.8 Å². The van der Waals surface area contributed by atoms with E-state index in [0.29, 0.717) is 30.2 Å². The molecule has 1 aliphatic heterocycles. The Hall–Kier alpha value is -2.88. The van der Waals surface area contributed by atoms with Gasteiger partial charge in [0.25, 0.3) is 5.91 Å². The van der Waals surface area contributed by atoms with Crippen LogP contribution in [0.5, 0.6) is 0 Å². The summed E-state index contributed by atoms with van der Waals surface area (Å²) in [7, 11) is 1.69. The molecule has 0 spiro atoms. The number of ether oxygens (including phenoxy) is 2. The number of alkyl carbamates (subject to hydrolysis) is 1. The highest BCUT2D eigenvalue weighted by molar-refractivity contribution is 6.02. The SMILES string of the molecule is Cn1nccc1C(=O)Nc1cc([C@H]2C[C@@H](OC(=O)NC(C)(C)C)CO2)[nH]n1. The van der Waals surface area contributed by atoms with Gasteiger partial charge in [0.1, 0.15) is 17.9 Å². The molecule has 0 unspecified atom stereocenters. The van der Waals surface area contributed by atoms with Crippen LogP contribution in [0.15, 0.2) is 18.3 Å². The lowest BCUT2D eigenvalue weighted by molar-refractivity contribution is 0.0661. The smallest absolute Gasteiger partial charge is 0.407 e. The molecule has 27 heavy (non-hydrogen) atoms. The Morgan fingerprint density at radius 1 is 1.41 bits per heavy atom. The molecule has 0 aliphatic carbocycles. The van der Waals surface area contributed by atoms with Crippen LogP contribution in [-0.4, -0.2) is 50.2 Å². The molecule has 3 N–H and O–H groups in total. The second-order valence-electron chi connectivity index (χ2n) is 7.46. The first kappa shape index (κ1) is 18.9. The summed E-state index contributed by atoms with van der Waals surface area (Å²) in [5, 5.41) is 16.4. The van der Waals surface area contributed by atoms with Crippen LogP contribution in [0.2, 0.25) is 0 Å². The molecule has 0 radical (unpaired) electrons. The van der Waals surface area contributed by atoms with Crippen LogP contribution in [0, 0.1) is 0 Å². The standard InChI is InChI=1S/C17H24N6O4/c1-17(2,3)20-16(25)27-10-7-13(26-9-10)11-8-14(22-21-11)19-15(24)12-5-6-18-23(12)4/h5-6,8,10,13H,7,9H2,1-4H3,(H,20,25)(H2,19,21,22,24)/t10-,13-/m1/s1. The first-order valence-electron chi connectivity index (χ1n) is 8.66. The predicted molar refractivity (Wildman–Crippen MR) is 96.2 cm³/mol. The number of hydrogen-bond acceptors (Lipinski definition) is 6. The van der Waals surface area contributed by atoms with Crippen molar-refractivity contribution in [1.82, 2.24) is 25.3 Å². The molecule has 0 bridgehead atoms. The number of aryl methyl sites for hydroxylation is 1. The Morgan fingerprint density at radius 2 is 2.19 bits per heavy atom. The molecule has 10 nitrogen and oxygen atoms in total. The lowest BCUT2D eigenvalue weighted by Crippen LogP contribution is -2.42. The van der Waals surface area contributed by atoms with E-state index in [-0.39, 0.29) is 23.7 Å². The van der Waals surface area contributed by atoms with Gasteiger partial charge in [-0.25, -0.2) is 4.79 Å². The van der Waals surface area contributed by atoms with Crippen molar-refractivity contribution in [2.24, 2.45) is 7.05 Å². The van der Waals surface area contributed by atoms with Crippen LogP contribution in [0.3, 0.4) is 0 Å². The number of aromatic nitrogens is 4. The molecule has 2 aromatic heterocycles. The number of nitrogens with zero attached hydrogens (tertiary/aromatic N) is 3. The second-order valence-corrected chi connectivity index (χ2v) is 7.46. The number of nitrogens with one attached hydrogen (secondary N) is 3. The van der Waals surface area contributed by atoms with E-state index in [9.17, 15) is 9.59 Å². The predicted octanol–water partition coefficient (Wildman–Crippen LogP) is 1.75. The molecule has 2 atom stereocenters. The maximum Gasteiger partial charge on any atom is 0.407 e. The van der Waals surface area contributed by atoms with Gasteiger partial charge in [0, 0.05) is 31.3 Å². The van der Waals surface area contributed by atoms with Crippen molar-refractivity contribution in [1.29, 1.82) is 0 Å². The summed E-state index contributed by atoms with van der Waals surface area (Å²) < 4.78 is 12.6. The minimum Gasteiger partial charge on any atom is -0.444 e. The normalized spacial score (nSPS) is 19.7. The van der Waals surface area contributed by atoms with Gasteiger partial charge in [-0.15, -0.1) is 0 Å². The van der Waals surface area contributed by atoms with E-state index < -0.39 is 6.09 Å². The van der Waals surface area contributed by atoms with E-state index >= 15 is 0 Å². The summed E-state index contributed by atoms with van der Waals surface area (Å²) in [5.41, 5.74) is 0.771. The Morgan fingerprint density at radius 3 is 2.85 bits per heavy atom. The molecule has 3 rings (SSSR count). The number of rotatable bonds is 4. The minimum absolute atomic E-state index is 0.285. The monoisotopic (exact) mass is 376 g/mol. The summed E-state index contributed by atoms with van der Waals surface area (Å²) in [5.74, 6) is 0.0788. The Bertz CT molecular complexity index is 822. The molecule has 3 heterocycles. The molecule has 1 fully saturated rings. The maximum absolute atomic E-state index is 12.2. The molecule has 2 amide bonds. The van der Waals surface area contributed by atoms with Gasteiger partial charge < -0.3 is 20.1 Å². The fraction of sp³-hybridized carbons (Fsp3) is 0.529. The van der Waals surface area contributed by atoms with Crippen molar-refractivity contribution >= 4 is 17.8 Å². The number of H-pyrrole nitrogens is 1. The third-order valence-electron chi connectivity index (χ3n) is 3.95. The average molecular weight is 376 g/mol. The van der Waals surface area contributed by atoms with Crippen molar-refractivity contribution in [2.75, 3.05) is 11.9 Å². The van der Waals surface area contributed by atoms with Gasteiger partial charge in [0.15, 0.2) is 5.82 Å². The number of amides is 2. The van der Waals surface area contributed by atoms with E-state index in [0.717, 1.165) is 0 Å². The zero-order chi connectivity index (χ0) is 19.6. The highest BCUT2D eigenvalue weighted by Crippen LogP contribution is 2.30. The number of hydrogen-bond donors (Lipinski definition) is 3. The van der Waals surface area contributed by atoms with Crippen LogP contribution < -0.4 is 10.6 Å². The van der Waals surface area contributed by atoms with Gasteiger partial charge in [-0.2, -0.15) is 10.2 Å². The number of aromatic amines is 1. The van der Waals surface area contributed by atoms with Crippen LogP contribution in [0.4, 0.5) is 10.6 Å². The molecule has 0 saturated carbocycles. The van der Waals surface area contributed by atoms with Gasteiger partial charge in [-0.1, -0.05) is 0 Å². The molecule has 0 aromatic carbocycles. The minimum atomic E-state index is -0.467. The number of carbonyl (C=O) groups excluding carboxylic acids is 2. The zero-order valence-corrected chi connectivity index (χ0v) is 15.8. The van der Waals surface area contributed by atoms with Crippen molar-refractivity contribution in [3.8, 4) is 0 Å². The van der Waals surface area contributed by atoms with Gasteiger partial charge in [-0.05, 0) is 26.8 Å². The first-order valence-corrected chi connectivity index (χ1v) is 8.66. The topological polar surface area (TPSA) is 123 Å².